The Morgan fingerprint density at radius 3 is 2.60 bits per heavy atom. The van der Waals surface area contributed by atoms with Gasteiger partial charge in [0.1, 0.15) is 6.29 Å². The van der Waals surface area contributed by atoms with Gasteiger partial charge in [0.05, 0.1) is 6.04 Å². The molecule has 2 N–H and O–H groups in total. The quantitative estimate of drug-likeness (QED) is 0.347. The molecule has 0 heterocycles. The highest BCUT2D eigenvalue weighted by Crippen LogP contribution is 2.01. The summed E-state index contributed by atoms with van der Waals surface area (Å²) in [4.78, 5) is 10.0. The maximum Gasteiger partial charge on any atom is 0.136 e. The van der Waals surface area contributed by atoms with Gasteiger partial charge in [0, 0.05) is 0 Å². The predicted octanol–water partition coefficient (Wildman–Crippen LogP) is 1.00. The third kappa shape index (κ3) is 6.11. The van der Waals surface area contributed by atoms with Crippen LogP contribution in [0, 0.1) is 0 Å². The molecule has 0 bridgehead atoms. The summed E-state index contributed by atoms with van der Waals surface area (Å²) in [7, 11) is 0. The lowest BCUT2D eigenvalue weighted by Crippen LogP contribution is -2.20. The van der Waals surface area contributed by atoms with E-state index in [1.165, 1.54) is 0 Å². The molecule has 0 radical (unpaired) electrons. The summed E-state index contributed by atoms with van der Waals surface area (Å²) in [6.45, 7) is 0. The maximum atomic E-state index is 10.0. The van der Waals surface area contributed by atoms with Gasteiger partial charge < -0.3 is 10.5 Å². The first-order valence-electron chi connectivity index (χ1n) is 3.63. The van der Waals surface area contributed by atoms with Crippen LogP contribution in [0.4, 0.5) is 0 Å². The number of carbonyl (C=O) groups excluding carboxylic acids is 1. The van der Waals surface area contributed by atoms with Crippen molar-refractivity contribution < 1.29 is 4.79 Å². The molecule has 0 aromatic carbocycles. The molecule has 0 aliphatic rings. The van der Waals surface area contributed by atoms with Crippen LogP contribution in [0.1, 0.15) is 25.7 Å². The number of hydrogen-bond donors (Lipinski definition) is 2. The van der Waals surface area contributed by atoms with Gasteiger partial charge in [0.25, 0.3) is 0 Å². The highest BCUT2D eigenvalue weighted by atomic mass is 32.1. The molecule has 10 heavy (non-hydrogen) atoms. The van der Waals surface area contributed by atoms with E-state index in [9.17, 15) is 4.79 Å². The number of carbonyl (C=O) groups is 1. The van der Waals surface area contributed by atoms with Crippen LogP contribution in [0.3, 0.4) is 0 Å². The van der Waals surface area contributed by atoms with Gasteiger partial charge in [-0.15, -0.1) is 0 Å². The fourth-order valence-corrected chi connectivity index (χ4v) is 0.960. The van der Waals surface area contributed by atoms with Crippen molar-refractivity contribution in [3.8, 4) is 0 Å². The smallest absolute Gasteiger partial charge is 0.136 e. The second-order valence-electron chi connectivity index (χ2n) is 2.37. The van der Waals surface area contributed by atoms with Gasteiger partial charge in [-0.3, -0.25) is 0 Å². The molecule has 0 spiro atoms. The number of thiol groups is 1. The molecule has 0 saturated carbocycles. The number of unbranched alkanes of at least 4 members (excludes halogenated alkanes) is 2. The topological polar surface area (TPSA) is 43.1 Å². The Hall–Kier alpha value is -0.0200. The molecule has 0 unspecified atom stereocenters. The zero-order valence-corrected chi connectivity index (χ0v) is 7.02. The predicted molar refractivity (Wildman–Crippen MR) is 46.4 cm³/mol. The zero-order valence-electron chi connectivity index (χ0n) is 6.12. The molecule has 0 aliphatic carbocycles. The van der Waals surface area contributed by atoms with E-state index in [1.807, 2.05) is 0 Å². The Bertz CT molecular complexity index is 87.7. The molecular formula is C7H15NOS. The van der Waals surface area contributed by atoms with Crippen LogP contribution < -0.4 is 5.73 Å². The molecule has 0 aromatic heterocycles. The first-order valence-corrected chi connectivity index (χ1v) is 4.26. The molecule has 0 saturated heterocycles. The van der Waals surface area contributed by atoms with Crippen molar-refractivity contribution in [2.45, 2.75) is 31.7 Å². The SMILES string of the molecule is N[C@H](C=O)CCCCCS. The van der Waals surface area contributed by atoms with Crippen LogP contribution in [0.2, 0.25) is 0 Å². The summed E-state index contributed by atoms with van der Waals surface area (Å²) < 4.78 is 0. The maximum absolute atomic E-state index is 10.0. The molecule has 0 amide bonds. The van der Waals surface area contributed by atoms with Crippen molar-refractivity contribution in [2.75, 3.05) is 5.75 Å². The number of aldehydes is 1. The molecule has 0 rings (SSSR count). The Kier molecular flexibility index (Phi) is 7.08. The summed E-state index contributed by atoms with van der Waals surface area (Å²) in [6, 6.07) is -0.250. The molecule has 3 heteroatoms. The largest absolute Gasteiger partial charge is 0.322 e. The Morgan fingerprint density at radius 2 is 2.10 bits per heavy atom. The van der Waals surface area contributed by atoms with Crippen LogP contribution in [0.5, 0.6) is 0 Å². The Morgan fingerprint density at radius 1 is 1.40 bits per heavy atom. The molecule has 60 valence electrons. The van der Waals surface area contributed by atoms with E-state index in [1.54, 1.807) is 0 Å². The molecule has 0 fully saturated rings. The Labute approximate surface area is 67.6 Å². The lowest BCUT2D eigenvalue weighted by molar-refractivity contribution is -0.109. The van der Waals surface area contributed by atoms with E-state index in [0.717, 1.165) is 37.7 Å². The van der Waals surface area contributed by atoms with Gasteiger partial charge >= 0.3 is 0 Å². The van der Waals surface area contributed by atoms with Crippen LogP contribution in [0.25, 0.3) is 0 Å². The summed E-state index contributed by atoms with van der Waals surface area (Å²) in [5.41, 5.74) is 5.37. The first kappa shape index (κ1) is 9.98. The number of nitrogens with two attached hydrogens (primary N) is 1. The van der Waals surface area contributed by atoms with E-state index in [4.69, 9.17) is 5.73 Å². The average Bonchev–Trinajstić information content (AvgIpc) is 1.98. The van der Waals surface area contributed by atoms with Crippen molar-refractivity contribution >= 4 is 18.9 Å². The second kappa shape index (κ2) is 7.09. The first-order chi connectivity index (χ1) is 4.81. The van der Waals surface area contributed by atoms with Crippen LogP contribution >= 0.6 is 12.6 Å². The minimum Gasteiger partial charge on any atom is -0.322 e. The fraction of sp³-hybridized carbons (Fsp3) is 0.857. The van der Waals surface area contributed by atoms with E-state index >= 15 is 0 Å². The molecule has 0 aromatic rings. The van der Waals surface area contributed by atoms with Crippen molar-refractivity contribution in [1.82, 2.24) is 0 Å². The Balaban J connectivity index is 2.95. The molecule has 0 aliphatic heterocycles. The van der Waals surface area contributed by atoms with Crippen LogP contribution in [0.15, 0.2) is 0 Å². The van der Waals surface area contributed by atoms with Crippen molar-refractivity contribution in [1.29, 1.82) is 0 Å². The van der Waals surface area contributed by atoms with E-state index < -0.39 is 0 Å². The number of rotatable bonds is 6. The monoisotopic (exact) mass is 161 g/mol. The molecule has 2 nitrogen and oxygen atoms in total. The summed E-state index contributed by atoms with van der Waals surface area (Å²) in [6.07, 6.45) is 4.91. The van der Waals surface area contributed by atoms with Gasteiger partial charge in [0.2, 0.25) is 0 Å². The third-order valence-electron chi connectivity index (χ3n) is 1.37. The zero-order chi connectivity index (χ0) is 7.82. The minimum absolute atomic E-state index is 0.250. The summed E-state index contributed by atoms with van der Waals surface area (Å²) in [5.74, 6) is 0.927. The standard InChI is InChI=1S/C7H15NOS/c8-7(6-9)4-2-1-3-5-10/h6-7,10H,1-5,8H2/t7-/m0/s1. The highest BCUT2D eigenvalue weighted by molar-refractivity contribution is 7.80. The fourth-order valence-electron chi connectivity index (χ4n) is 0.737. The van der Waals surface area contributed by atoms with Gasteiger partial charge in [-0.1, -0.05) is 12.8 Å². The average molecular weight is 161 g/mol. The second-order valence-corrected chi connectivity index (χ2v) is 2.82. The van der Waals surface area contributed by atoms with Gasteiger partial charge in [0.15, 0.2) is 0 Å². The van der Waals surface area contributed by atoms with Crippen LogP contribution in [-0.2, 0) is 4.79 Å². The summed E-state index contributed by atoms with van der Waals surface area (Å²) in [5, 5.41) is 0. The van der Waals surface area contributed by atoms with Gasteiger partial charge in [-0.2, -0.15) is 12.6 Å². The van der Waals surface area contributed by atoms with E-state index in [0.29, 0.717) is 0 Å². The van der Waals surface area contributed by atoms with Crippen molar-refractivity contribution in [2.24, 2.45) is 5.73 Å². The molecular weight excluding hydrogens is 146 g/mol. The third-order valence-corrected chi connectivity index (χ3v) is 1.69. The summed E-state index contributed by atoms with van der Waals surface area (Å²) >= 11 is 4.07. The highest BCUT2D eigenvalue weighted by Gasteiger charge is 1.97. The number of hydrogen-bond acceptors (Lipinski definition) is 3. The van der Waals surface area contributed by atoms with Crippen LogP contribution in [-0.4, -0.2) is 18.1 Å². The van der Waals surface area contributed by atoms with Crippen molar-refractivity contribution in [3.63, 3.8) is 0 Å². The normalized spacial score (nSPS) is 13.0. The van der Waals surface area contributed by atoms with E-state index in [2.05, 4.69) is 12.6 Å². The van der Waals surface area contributed by atoms with Gasteiger partial charge in [-0.05, 0) is 18.6 Å². The lowest BCUT2D eigenvalue weighted by atomic mass is 10.1. The minimum atomic E-state index is -0.250. The lowest BCUT2D eigenvalue weighted by Gasteiger charge is -2.01. The van der Waals surface area contributed by atoms with Gasteiger partial charge in [-0.25, -0.2) is 0 Å². The van der Waals surface area contributed by atoms with Crippen molar-refractivity contribution in [3.05, 3.63) is 0 Å². The molecule has 1 atom stereocenters. The van der Waals surface area contributed by atoms with E-state index in [-0.39, 0.29) is 6.04 Å².